The van der Waals surface area contributed by atoms with Crippen LogP contribution in [-0.2, 0) is 30.4 Å². The lowest BCUT2D eigenvalue weighted by molar-refractivity contribution is -0.156. The van der Waals surface area contributed by atoms with Crippen molar-refractivity contribution < 1.29 is 33.4 Å². The van der Waals surface area contributed by atoms with E-state index in [9.17, 15) is 19.2 Å². The highest BCUT2D eigenvalue weighted by molar-refractivity contribution is 8.14. The van der Waals surface area contributed by atoms with E-state index >= 15 is 0 Å². The number of amides is 1. The summed E-state index contributed by atoms with van der Waals surface area (Å²) in [6.07, 6.45) is 2.17. The number of hydrogen-bond acceptors (Lipinski definition) is 8. The second-order valence-corrected chi connectivity index (χ2v) is 10.5. The summed E-state index contributed by atoms with van der Waals surface area (Å²) >= 11 is 0.705. The summed E-state index contributed by atoms with van der Waals surface area (Å²) in [6, 6.07) is 16.4. The lowest BCUT2D eigenvalue weighted by atomic mass is 10.0. The number of ether oxygens (including phenoxy) is 3. The van der Waals surface area contributed by atoms with Crippen LogP contribution in [0.4, 0.5) is 4.79 Å². The zero-order valence-electron chi connectivity index (χ0n) is 21.7. The number of carbonyl (C=O) groups is 4. The van der Waals surface area contributed by atoms with Gasteiger partial charge in [-0.3, -0.25) is 9.59 Å². The van der Waals surface area contributed by atoms with E-state index in [-0.39, 0.29) is 12.5 Å². The number of esters is 2. The minimum atomic E-state index is -1.18. The van der Waals surface area contributed by atoms with Gasteiger partial charge < -0.3 is 19.5 Å². The van der Waals surface area contributed by atoms with Crippen molar-refractivity contribution >= 4 is 34.9 Å². The van der Waals surface area contributed by atoms with Crippen molar-refractivity contribution in [1.82, 2.24) is 5.32 Å². The summed E-state index contributed by atoms with van der Waals surface area (Å²) in [6.45, 7) is 6.60. The van der Waals surface area contributed by atoms with Crippen LogP contribution in [0.15, 0.2) is 60.7 Å². The van der Waals surface area contributed by atoms with Crippen molar-refractivity contribution in [2.45, 2.75) is 64.4 Å². The van der Waals surface area contributed by atoms with Gasteiger partial charge in [0.1, 0.15) is 12.6 Å². The molecule has 37 heavy (non-hydrogen) atoms. The number of hydrogen-bond donors (Lipinski definition) is 1. The minimum absolute atomic E-state index is 0.00881. The van der Waals surface area contributed by atoms with E-state index < -0.39 is 40.7 Å². The highest BCUT2D eigenvalue weighted by atomic mass is 32.2. The first kappa shape index (κ1) is 29.9. The molecule has 0 aliphatic heterocycles. The molecule has 1 N–H and O–H groups in total. The predicted octanol–water partition coefficient (Wildman–Crippen LogP) is 5.50. The quantitative estimate of drug-likeness (QED) is 0.268. The average molecular weight is 530 g/mol. The van der Waals surface area contributed by atoms with Crippen LogP contribution in [0.2, 0.25) is 0 Å². The molecule has 0 fully saturated rings. The molecule has 8 nitrogen and oxygen atoms in total. The zero-order chi connectivity index (χ0) is 27.3. The fourth-order valence-corrected chi connectivity index (χ4v) is 4.34. The van der Waals surface area contributed by atoms with Gasteiger partial charge in [0.05, 0.1) is 10.7 Å². The highest BCUT2D eigenvalue weighted by Gasteiger charge is 2.41. The molecule has 0 aliphatic rings. The number of carbonyl (C=O) groups excluding carboxylic acids is 4. The van der Waals surface area contributed by atoms with Crippen LogP contribution in [0.5, 0.6) is 0 Å². The van der Waals surface area contributed by atoms with Crippen LogP contribution in [0, 0.1) is 5.92 Å². The SMILES string of the molecule is CCCC(CC)C(=O)OCOC(=O)SC(C)(C)C(NC(=O)c1ccccc1)C(=O)OCc1ccccc1. The van der Waals surface area contributed by atoms with E-state index in [0.717, 1.165) is 12.0 Å². The summed E-state index contributed by atoms with van der Waals surface area (Å²) in [7, 11) is 0. The van der Waals surface area contributed by atoms with Crippen molar-refractivity contribution in [1.29, 1.82) is 0 Å². The molecule has 9 heteroatoms. The van der Waals surface area contributed by atoms with E-state index in [1.807, 2.05) is 44.2 Å². The molecule has 0 heterocycles. The van der Waals surface area contributed by atoms with Gasteiger partial charge in [-0.25, -0.2) is 9.59 Å². The maximum atomic E-state index is 13.1. The van der Waals surface area contributed by atoms with Gasteiger partial charge in [-0.15, -0.1) is 0 Å². The van der Waals surface area contributed by atoms with Gasteiger partial charge in [0.25, 0.3) is 5.91 Å². The molecule has 0 saturated carbocycles. The van der Waals surface area contributed by atoms with Crippen LogP contribution in [0.3, 0.4) is 0 Å². The monoisotopic (exact) mass is 529 g/mol. The largest absolute Gasteiger partial charge is 0.459 e. The van der Waals surface area contributed by atoms with Crippen LogP contribution < -0.4 is 5.32 Å². The molecule has 2 aromatic carbocycles. The first-order valence-corrected chi connectivity index (χ1v) is 13.1. The molecule has 0 saturated heterocycles. The van der Waals surface area contributed by atoms with Gasteiger partial charge in [-0.2, -0.15) is 0 Å². The number of benzene rings is 2. The Hall–Kier alpha value is -3.33. The van der Waals surface area contributed by atoms with E-state index in [1.165, 1.54) is 0 Å². The fraction of sp³-hybridized carbons (Fsp3) is 0.429. The number of rotatable bonds is 13. The smallest absolute Gasteiger partial charge is 0.370 e. The average Bonchev–Trinajstić information content (AvgIpc) is 2.89. The maximum absolute atomic E-state index is 13.1. The molecular weight excluding hydrogens is 494 g/mol. The second-order valence-electron chi connectivity index (χ2n) is 8.94. The van der Waals surface area contributed by atoms with Crippen molar-refractivity contribution in [3.63, 3.8) is 0 Å². The van der Waals surface area contributed by atoms with Crippen LogP contribution in [0.1, 0.15) is 62.9 Å². The molecule has 0 spiro atoms. The first-order valence-electron chi connectivity index (χ1n) is 12.3. The molecule has 0 aliphatic carbocycles. The summed E-state index contributed by atoms with van der Waals surface area (Å²) in [5, 5.41) is 1.94. The third-order valence-electron chi connectivity index (χ3n) is 5.65. The lowest BCUT2D eigenvalue weighted by Gasteiger charge is -2.31. The molecule has 0 radical (unpaired) electrons. The van der Waals surface area contributed by atoms with Gasteiger partial charge in [0.2, 0.25) is 6.79 Å². The maximum Gasteiger partial charge on any atom is 0.370 e. The Labute approximate surface area is 222 Å². The first-order chi connectivity index (χ1) is 17.7. The van der Waals surface area contributed by atoms with Crippen LogP contribution >= 0.6 is 11.8 Å². The Morgan fingerprint density at radius 3 is 2.08 bits per heavy atom. The summed E-state index contributed by atoms with van der Waals surface area (Å²) in [4.78, 5) is 50.7. The van der Waals surface area contributed by atoms with Crippen molar-refractivity contribution in [3.8, 4) is 0 Å². The molecule has 2 rings (SSSR count). The topological polar surface area (TPSA) is 108 Å². The van der Waals surface area contributed by atoms with E-state index in [0.29, 0.717) is 30.2 Å². The molecule has 200 valence electrons. The van der Waals surface area contributed by atoms with Gasteiger partial charge >= 0.3 is 17.2 Å². The van der Waals surface area contributed by atoms with Crippen molar-refractivity contribution in [3.05, 3.63) is 71.8 Å². The standard InChI is InChI=1S/C28H35NO7S/c1-5-13-21(6-2)25(31)35-19-36-27(33)37-28(3,4)23(29-24(30)22-16-11-8-12-17-22)26(32)34-18-20-14-9-7-10-15-20/h7-12,14-17,21,23H,5-6,13,18-19H2,1-4H3,(H,29,30). The molecule has 2 unspecified atom stereocenters. The van der Waals surface area contributed by atoms with E-state index in [1.54, 1.807) is 44.2 Å². The Morgan fingerprint density at radius 1 is 0.865 bits per heavy atom. The lowest BCUT2D eigenvalue weighted by Crippen LogP contribution is -2.53. The van der Waals surface area contributed by atoms with Crippen LogP contribution in [0.25, 0.3) is 0 Å². The van der Waals surface area contributed by atoms with Gasteiger partial charge in [0, 0.05) is 5.56 Å². The Bertz CT molecular complexity index is 1030. The molecule has 1 amide bonds. The molecule has 0 bridgehead atoms. The van der Waals surface area contributed by atoms with Crippen molar-refractivity contribution in [2.75, 3.05) is 6.79 Å². The van der Waals surface area contributed by atoms with Crippen molar-refractivity contribution in [2.24, 2.45) is 5.92 Å². The summed E-state index contributed by atoms with van der Waals surface area (Å²) < 4.78 is 14.5. The predicted molar refractivity (Wildman–Crippen MR) is 142 cm³/mol. The van der Waals surface area contributed by atoms with Gasteiger partial charge in [-0.05, 0) is 56.1 Å². The van der Waals surface area contributed by atoms with Gasteiger partial charge in [-0.1, -0.05) is 68.8 Å². The normalized spacial score (nSPS) is 12.6. The fourth-order valence-electron chi connectivity index (χ4n) is 3.53. The molecule has 2 aromatic rings. The highest BCUT2D eigenvalue weighted by Crippen LogP contribution is 2.31. The Balaban J connectivity index is 2.06. The number of thioether (sulfide) groups is 1. The third kappa shape index (κ3) is 9.92. The van der Waals surface area contributed by atoms with E-state index in [4.69, 9.17) is 14.2 Å². The molecule has 0 aromatic heterocycles. The van der Waals surface area contributed by atoms with Gasteiger partial charge in [0.15, 0.2) is 0 Å². The van der Waals surface area contributed by atoms with Crippen LogP contribution in [-0.4, -0.2) is 40.7 Å². The third-order valence-corrected chi connectivity index (χ3v) is 6.70. The molecule has 2 atom stereocenters. The Kier molecular flexibility index (Phi) is 12.2. The number of nitrogens with one attached hydrogen (secondary N) is 1. The Morgan fingerprint density at radius 2 is 1.49 bits per heavy atom. The van der Waals surface area contributed by atoms with E-state index in [2.05, 4.69) is 5.32 Å². The summed E-state index contributed by atoms with van der Waals surface area (Å²) in [5.41, 5.74) is 1.14. The second kappa shape index (κ2) is 15.0. The zero-order valence-corrected chi connectivity index (χ0v) is 22.5. The minimum Gasteiger partial charge on any atom is -0.459 e. The molecular formula is C28H35NO7S. The summed E-state index contributed by atoms with van der Waals surface area (Å²) in [5.74, 6) is -1.85.